The summed E-state index contributed by atoms with van der Waals surface area (Å²) in [5.74, 6) is -0.143. The summed E-state index contributed by atoms with van der Waals surface area (Å²) < 4.78 is 78.5. The number of methoxy groups -OCH3 is 2. The molecule has 36 heavy (non-hydrogen) atoms. The van der Waals surface area contributed by atoms with Crippen molar-refractivity contribution in [2.75, 3.05) is 38.3 Å². The third kappa shape index (κ3) is 4.73. The molecule has 0 unspecified atom stereocenters. The summed E-state index contributed by atoms with van der Waals surface area (Å²) in [7, 11) is -1.63. The van der Waals surface area contributed by atoms with Crippen molar-refractivity contribution in [3.8, 4) is 17.0 Å². The van der Waals surface area contributed by atoms with Crippen LogP contribution in [0.1, 0.15) is 15.9 Å². The molecule has 0 bridgehead atoms. The number of alkyl halides is 3. The number of ether oxygens (including phenoxy) is 2. The predicted octanol–water partition coefficient (Wildman–Crippen LogP) is 4.03. The second-order valence-corrected chi connectivity index (χ2v) is 9.74. The lowest BCUT2D eigenvalue weighted by Crippen LogP contribution is -2.50. The molecule has 0 radical (unpaired) electrons. The van der Waals surface area contributed by atoms with Crippen molar-refractivity contribution in [3.63, 3.8) is 0 Å². The minimum atomic E-state index is -4.73. The van der Waals surface area contributed by atoms with Crippen molar-refractivity contribution in [1.82, 2.24) is 9.88 Å². The molecule has 1 amide bonds. The fraction of sp³-hybridized carbons (Fsp3) is 0.250. The Labute approximate surface area is 205 Å². The van der Waals surface area contributed by atoms with Crippen LogP contribution in [0.2, 0.25) is 0 Å². The van der Waals surface area contributed by atoms with E-state index in [2.05, 4.69) is 4.98 Å². The third-order valence-corrected chi connectivity index (χ3v) is 7.42. The van der Waals surface area contributed by atoms with Crippen molar-refractivity contribution in [2.24, 2.45) is 0 Å². The van der Waals surface area contributed by atoms with Gasteiger partial charge in [-0.1, -0.05) is 12.1 Å². The molecule has 1 aliphatic rings. The summed E-state index contributed by atoms with van der Waals surface area (Å²) in [5.41, 5.74) is 0.0885. The lowest BCUT2D eigenvalue weighted by atomic mass is 10.0. The van der Waals surface area contributed by atoms with E-state index in [1.165, 1.54) is 37.4 Å². The Balaban J connectivity index is 1.88. The van der Waals surface area contributed by atoms with Gasteiger partial charge in [-0.3, -0.25) is 4.79 Å². The van der Waals surface area contributed by atoms with Crippen molar-refractivity contribution in [2.45, 2.75) is 11.1 Å². The zero-order chi connectivity index (χ0) is 26.1. The number of amides is 1. The third-order valence-electron chi connectivity index (χ3n) is 5.67. The molecule has 0 N–H and O–H groups in total. The average molecular weight is 522 g/mol. The molecule has 0 fully saturated rings. The van der Waals surface area contributed by atoms with Gasteiger partial charge in [0.2, 0.25) is 5.88 Å². The molecule has 0 atom stereocenters. The molecular formula is C24H22F3N3O5S. The highest BCUT2D eigenvalue weighted by atomic mass is 32.2. The maximum atomic E-state index is 13.7. The van der Waals surface area contributed by atoms with Gasteiger partial charge >= 0.3 is 6.18 Å². The van der Waals surface area contributed by atoms with Crippen molar-refractivity contribution < 1.29 is 35.9 Å². The molecular weight excluding hydrogens is 499 g/mol. The first-order chi connectivity index (χ1) is 17.1. The van der Waals surface area contributed by atoms with Crippen LogP contribution in [0.3, 0.4) is 0 Å². The molecule has 0 aliphatic carbocycles. The van der Waals surface area contributed by atoms with Crippen LogP contribution in [-0.2, 0) is 20.9 Å². The number of carbonyl (C=O) groups is 1. The summed E-state index contributed by atoms with van der Waals surface area (Å²) in [5, 5.41) is 0. The monoisotopic (exact) mass is 521 g/mol. The van der Waals surface area contributed by atoms with Gasteiger partial charge in [0.05, 0.1) is 35.4 Å². The van der Waals surface area contributed by atoms with E-state index in [1.54, 1.807) is 18.2 Å². The molecule has 0 saturated heterocycles. The molecule has 1 aliphatic heterocycles. The van der Waals surface area contributed by atoms with Crippen molar-refractivity contribution >= 4 is 21.6 Å². The highest BCUT2D eigenvalue weighted by molar-refractivity contribution is 7.92. The fourth-order valence-electron chi connectivity index (χ4n) is 3.86. The Hall–Kier alpha value is -3.64. The zero-order valence-electron chi connectivity index (χ0n) is 19.3. The Kier molecular flexibility index (Phi) is 6.92. The normalized spacial score (nSPS) is 14.1. The zero-order valence-corrected chi connectivity index (χ0v) is 20.1. The Morgan fingerprint density at radius 2 is 1.81 bits per heavy atom. The molecule has 4 rings (SSSR count). The number of hydrogen-bond donors (Lipinski definition) is 0. The quantitative estimate of drug-likeness (QED) is 0.467. The average Bonchev–Trinajstić information content (AvgIpc) is 2.87. The lowest BCUT2D eigenvalue weighted by Gasteiger charge is -2.37. The van der Waals surface area contributed by atoms with Gasteiger partial charge in [-0.15, -0.1) is 0 Å². The molecule has 0 saturated carbocycles. The van der Waals surface area contributed by atoms with E-state index in [4.69, 9.17) is 9.47 Å². The number of halogens is 3. The van der Waals surface area contributed by atoms with Crippen molar-refractivity contribution in [1.29, 1.82) is 0 Å². The van der Waals surface area contributed by atoms with Gasteiger partial charge in [-0.2, -0.15) is 13.2 Å². The second-order valence-electron chi connectivity index (χ2n) is 7.87. The van der Waals surface area contributed by atoms with Crippen LogP contribution < -0.4 is 9.04 Å². The van der Waals surface area contributed by atoms with E-state index >= 15 is 0 Å². The number of nitrogens with zero attached hydrogens (tertiary/aromatic N) is 3. The Morgan fingerprint density at radius 1 is 1.03 bits per heavy atom. The first kappa shape index (κ1) is 25.5. The standard InChI is InChI=1S/C24H22F3N3O5S/c1-34-12-11-29-15-30(36(32,33)18-6-3-5-17(14-18)24(25,26)27)21-13-16(8-9-20(21)23(29)31)19-7-4-10-28-22(19)35-2/h3-10,13-14H,11-12,15H2,1-2H3. The number of anilines is 1. The minimum Gasteiger partial charge on any atom is -0.481 e. The molecule has 190 valence electrons. The maximum Gasteiger partial charge on any atom is 0.416 e. The molecule has 8 nitrogen and oxygen atoms in total. The number of pyridine rings is 1. The molecule has 0 spiro atoms. The van der Waals surface area contributed by atoms with Gasteiger partial charge in [0.15, 0.2) is 0 Å². The molecule has 2 heterocycles. The number of aromatic nitrogens is 1. The molecule has 12 heteroatoms. The minimum absolute atomic E-state index is 0.0366. The number of sulfonamides is 1. The highest BCUT2D eigenvalue weighted by Crippen LogP contribution is 2.38. The van der Waals surface area contributed by atoms with Crippen LogP contribution in [0.15, 0.2) is 65.7 Å². The summed E-state index contributed by atoms with van der Waals surface area (Å²) in [6.07, 6.45) is -3.20. The van der Waals surface area contributed by atoms with Gasteiger partial charge < -0.3 is 14.4 Å². The first-order valence-electron chi connectivity index (χ1n) is 10.7. The van der Waals surface area contributed by atoms with Crippen LogP contribution in [0.5, 0.6) is 5.88 Å². The van der Waals surface area contributed by atoms with E-state index in [-0.39, 0.29) is 30.3 Å². The van der Waals surface area contributed by atoms with Crippen LogP contribution in [0, 0.1) is 0 Å². The number of benzene rings is 2. The molecule has 3 aromatic rings. The number of fused-ring (bicyclic) bond motifs is 1. The van der Waals surface area contributed by atoms with Gasteiger partial charge in [0, 0.05) is 25.4 Å². The van der Waals surface area contributed by atoms with Crippen LogP contribution in [-0.4, -0.2) is 58.2 Å². The summed E-state index contributed by atoms with van der Waals surface area (Å²) in [4.78, 5) is 18.0. The van der Waals surface area contributed by atoms with Crippen LogP contribution >= 0.6 is 0 Å². The smallest absolute Gasteiger partial charge is 0.416 e. The predicted molar refractivity (Wildman–Crippen MR) is 125 cm³/mol. The molecule has 1 aromatic heterocycles. The van der Waals surface area contributed by atoms with Crippen LogP contribution in [0.4, 0.5) is 18.9 Å². The summed E-state index contributed by atoms with van der Waals surface area (Å²) in [6, 6.07) is 11.5. The van der Waals surface area contributed by atoms with Crippen LogP contribution in [0.25, 0.3) is 11.1 Å². The number of hydrogen-bond acceptors (Lipinski definition) is 6. The topological polar surface area (TPSA) is 89.0 Å². The van der Waals surface area contributed by atoms with Gasteiger partial charge in [-0.05, 0) is 48.0 Å². The van der Waals surface area contributed by atoms with E-state index in [1.807, 2.05) is 0 Å². The van der Waals surface area contributed by atoms with E-state index < -0.39 is 39.2 Å². The van der Waals surface area contributed by atoms with E-state index in [0.717, 1.165) is 22.5 Å². The van der Waals surface area contributed by atoms with Gasteiger partial charge in [-0.25, -0.2) is 17.7 Å². The van der Waals surface area contributed by atoms with Gasteiger partial charge in [0.25, 0.3) is 15.9 Å². The fourth-order valence-corrected chi connectivity index (χ4v) is 5.35. The Bertz CT molecular complexity index is 1400. The SMILES string of the molecule is COCCN1CN(S(=O)(=O)c2cccc(C(F)(F)F)c2)c2cc(-c3cccnc3OC)ccc2C1=O. The molecule has 2 aromatic carbocycles. The first-order valence-corrected chi connectivity index (χ1v) is 12.1. The maximum absolute atomic E-state index is 13.7. The van der Waals surface area contributed by atoms with Crippen molar-refractivity contribution in [3.05, 3.63) is 71.9 Å². The number of carbonyl (C=O) groups excluding carboxylic acids is 1. The van der Waals surface area contributed by atoms with Gasteiger partial charge in [0.1, 0.15) is 6.67 Å². The summed E-state index contributed by atoms with van der Waals surface area (Å²) in [6.45, 7) is -0.174. The summed E-state index contributed by atoms with van der Waals surface area (Å²) >= 11 is 0. The largest absolute Gasteiger partial charge is 0.481 e. The Morgan fingerprint density at radius 3 is 2.50 bits per heavy atom. The lowest BCUT2D eigenvalue weighted by molar-refractivity contribution is -0.137. The van der Waals surface area contributed by atoms with E-state index in [9.17, 15) is 26.4 Å². The highest BCUT2D eigenvalue weighted by Gasteiger charge is 2.38. The van der Waals surface area contributed by atoms with E-state index in [0.29, 0.717) is 17.2 Å². The number of rotatable bonds is 7. The second kappa shape index (κ2) is 9.78.